The number of urea groups is 1. The molecule has 6 nitrogen and oxygen atoms in total. The minimum absolute atomic E-state index is 0.302. The van der Waals surface area contributed by atoms with Gasteiger partial charge in [-0.25, -0.2) is 9.78 Å². The standard InChI is InChI=1S/C9H13N3O3S/c1-5-4-16-7(11-5)3-10-9(15)12-6(2)8(13)14/h4,6H,3H2,1-2H3,(H,13,14)(H2,10,12,15). The number of nitrogens with one attached hydrogen (secondary N) is 2. The lowest BCUT2D eigenvalue weighted by Gasteiger charge is -2.09. The van der Waals surface area contributed by atoms with Crippen molar-refractivity contribution in [3.8, 4) is 0 Å². The zero-order chi connectivity index (χ0) is 12.1. The predicted molar refractivity (Wildman–Crippen MR) is 59.3 cm³/mol. The summed E-state index contributed by atoms with van der Waals surface area (Å²) in [5.74, 6) is -1.07. The van der Waals surface area contributed by atoms with Crippen LogP contribution in [0.1, 0.15) is 17.6 Å². The minimum atomic E-state index is -1.07. The number of rotatable bonds is 4. The van der Waals surface area contributed by atoms with Gasteiger partial charge in [0.1, 0.15) is 11.0 Å². The van der Waals surface area contributed by atoms with E-state index in [1.165, 1.54) is 18.3 Å². The Bertz CT molecular complexity index is 391. The summed E-state index contributed by atoms with van der Waals surface area (Å²) in [6, 6.07) is -1.42. The average Bonchev–Trinajstić information content (AvgIpc) is 2.61. The van der Waals surface area contributed by atoms with E-state index in [0.29, 0.717) is 6.54 Å². The number of carboxylic acids is 1. The van der Waals surface area contributed by atoms with Crippen LogP contribution in [-0.4, -0.2) is 28.1 Å². The SMILES string of the molecule is Cc1csc(CNC(=O)NC(C)C(=O)O)n1. The molecule has 0 aliphatic carbocycles. The smallest absolute Gasteiger partial charge is 0.325 e. The van der Waals surface area contributed by atoms with E-state index in [1.807, 2.05) is 12.3 Å². The van der Waals surface area contributed by atoms with Crippen molar-refractivity contribution in [2.75, 3.05) is 0 Å². The van der Waals surface area contributed by atoms with E-state index in [-0.39, 0.29) is 0 Å². The topological polar surface area (TPSA) is 91.3 Å². The third kappa shape index (κ3) is 3.85. The van der Waals surface area contributed by atoms with Crippen LogP contribution >= 0.6 is 11.3 Å². The molecule has 1 heterocycles. The molecule has 0 saturated carbocycles. The third-order valence-electron chi connectivity index (χ3n) is 1.78. The van der Waals surface area contributed by atoms with Gasteiger partial charge in [0.05, 0.1) is 6.54 Å². The van der Waals surface area contributed by atoms with Gasteiger partial charge >= 0.3 is 12.0 Å². The Morgan fingerprint density at radius 1 is 1.62 bits per heavy atom. The van der Waals surface area contributed by atoms with Crippen LogP contribution in [0.5, 0.6) is 0 Å². The monoisotopic (exact) mass is 243 g/mol. The predicted octanol–water partition coefficient (Wildman–Crippen LogP) is 0.724. The molecule has 2 amide bonds. The molecule has 3 N–H and O–H groups in total. The molecule has 7 heteroatoms. The number of aromatic nitrogens is 1. The van der Waals surface area contributed by atoms with Crippen LogP contribution in [0.2, 0.25) is 0 Å². The van der Waals surface area contributed by atoms with Gasteiger partial charge in [0.25, 0.3) is 0 Å². The van der Waals surface area contributed by atoms with Crippen LogP contribution in [0, 0.1) is 6.92 Å². The Balaban J connectivity index is 2.33. The van der Waals surface area contributed by atoms with Crippen molar-refractivity contribution >= 4 is 23.3 Å². The van der Waals surface area contributed by atoms with Gasteiger partial charge in [-0.15, -0.1) is 11.3 Å². The summed E-state index contributed by atoms with van der Waals surface area (Å²) in [5, 5.41) is 16.1. The molecule has 0 spiro atoms. The first kappa shape index (κ1) is 12.4. The number of carbonyl (C=O) groups is 2. The number of carboxylic acid groups (broad SMARTS) is 1. The molecule has 1 aromatic heterocycles. The fraction of sp³-hybridized carbons (Fsp3) is 0.444. The van der Waals surface area contributed by atoms with Gasteiger partial charge in [0.2, 0.25) is 0 Å². The number of carbonyl (C=O) groups excluding carboxylic acids is 1. The van der Waals surface area contributed by atoms with E-state index in [2.05, 4.69) is 15.6 Å². The summed E-state index contributed by atoms with van der Waals surface area (Å²) < 4.78 is 0. The van der Waals surface area contributed by atoms with Crippen molar-refractivity contribution in [2.45, 2.75) is 26.4 Å². The van der Waals surface area contributed by atoms with Crippen molar-refractivity contribution in [2.24, 2.45) is 0 Å². The number of aryl methyl sites for hydroxylation is 1. The first-order chi connectivity index (χ1) is 7.49. The number of hydrogen-bond acceptors (Lipinski definition) is 4. The van der Waals surface area contributed by atoms with Crippen LogP contribution in [0.4, 0.5) is 4.79 Å². The van der Waals surface area contributed by atoms with Crippen molar-refractivity contribution < 1.29 is 14.7 Å². The third-order valence-corrected chi connectivity index (χ3v) is 2.75. The number of thiazole rings is 1. The van der Waals surface area contributed by atoms with Crippen LogP contribution in [-0.2, 0) is 11.3 Å². The summed E-state index contributed by atoms with van der Waals surface area (Å²) in [6.07, 6.45) is 0. The number of aliphatic carboxylic acids is 1. The largest absolute Gasteiger partial charge is 0.480 e. The van der Waals surface area contributed by atoms with E-state index < -0.39 is 18.0 Å². The number of hydrogen-bond donors (Lipinski definition) is 3. The summed E-state index contributed by atoms with van der Waals surface area (Å²) in [7, 11) is 0. The van der Waals surface area contributed by atoms with E-state index >= 15 is 0 Å². The second kappa shape index (κ2) is 5.45. The molecule has 0 fully saturated rings. The van der Waals surface area contributed by atoms with Crippen molar-refractivity contribution in [3.63, 3.8) is 0 Å². The summed E-state index contributed by atoms with van der Waals surface area (Å²) in [6.45, 7) is 3.57. The van der Waals surface area contributed by atoms with Crippen LogP contribution in [0.3, 0.4) is 0 Å². The summed E-state index contributed by atoms with van der Waals surface area (Å²) in [5.41, 5.74) is 0.904. The molecule has 0 aliphatic heterocycles. The molecule has 0 saturated heterocycles. The fourth-order valence-corrected chi connectivity index (χ4v) is 1.66. The maximum Gasteiger partial charge on any atom is 0.325 e. The Morgan fingerprint density at radius 2 is 2.31 bits per heavy atom. The zero-order valence-corrected chi connectivity index (χ0v) is 9.80. The molecule has 88 valence electrons. The second-order valence-electron chi connectivity index (χ2n) is 3.27. The maximum atomic E-state index is 11.2. The normalized spacial score (nSPS) is 11.9. The lowest BCUT2D eigenvalue weighted by atomic mass is 10.3. The molecule has 1 rings (SSSR count). The highest BCUT2D eigenvalue weighted by atomic mass is 32.1. The van der Waals surface area contributed by atoms with Crippen molar-refractivity contribution in [1.82, 2.24) is 15.6 Å². The molecular weight excluding hydrogens is 230 g/mol. The van der Waals surface area contributed by atoms with Crippen LogP contribution < -0.4 is 10.6 Å². The van der Waals surface area contributed by atoms with Gasteiger partial charge < -0.3 is 15.7 Å². The van der Waals surface area contributed by atoms with Gasteiger partial charge in [0.15, 0.2) is 0 Å². The fourth-order valence-electron chi connectivity index (χ4n) is 0.949. The van der Waals surface area contributed by atoms with E-state index in [4.69, 9.17) is 5.11 Å². The Morgan fingerprint density at radius 3 is 2.81 bits per heavy atom. The molecule has 0 radical (unpaired) electrons. The maximum absolute atomic E-state index is 11.2. The number of nitrogens with zero attached hydrogens (tertiary/aromatic N) is 1. The highest BCUT2D eigenvalue weighted by Gasteiger charge is 2.13. The molecule has 1 unspecified atom stereocenters. The minimum Gasteiger partial charge on any atom is -0.480 e. The Hall–Kier alpha value is -1.63. The summed E-state index contributed by atoms with van der Waals surface area (Å²) >= 11 is 1.45. The van der Waals surface area contributed by atoms with Gasteiger partial charge in [-0.05, 0) is 13.8 Å². The molecule has 0 aliphatic rings. The van der Waals surface area contributed by atoms with E-state index in [0.717, 1.165) is 10.7 Å². The highest BCUT2D eigenvalue weighted by Crippen LogP contribution is 2.07. The Labute approximate surface area is 96.7 Å². The molecule has 0 aromatic carbocycles. The zero-order valence-electron chi connectivity index (χ0n) is 8.98. The highest BCUT2D eigenvalue weighted by molar-refractivity contribution is 7.09. The van der Waals surface area contributed by atoms with E-state index in [9.17, 15) is 9.59 Å². The molecular formula is C9H13N3O3S. The lowest BCUT2D eigenvalue weighted by molar-refractivity contribution is -0.138. The van der Waals surface area contributed by atoms with Crippen molar-refractivity contribution in [3.05, 3.63) is 16.1 Å². The van der Waals surface area contributed by atoms with Gasteiger partial charge in [0, 0.05) is 11.1 Å². The Kier molecular flexibility index (Phi) is 4.24. The van der Waals surface area contributed by atoms with Gasteiger partial charge in [-0.3, -0.25) is 4.79 Å². The van der Waals surface area contributed by atoms with Crippen LogP contribution in [0.25, 0.3) is 0 Å². The summed E-state index contributed by atoms with van der Waals surface area (Å²) in [4.78, 5) is 25.8. The lowest BCUT2D eigenvalue weighted by Crippen LogP contribution is -2.44. The van der Waals surface area contributed by atoms with Crippen molar-refractivity contribution in [1.29, 1.82) is 0 Å². The van der Waals surface area contributed by atoms with Gasteiger partial charge in [-0.1, -0.05) is 0 Å². The first-order valence-electron chi connectivity index (χ1n) is 4.67. The van der Waals surface area contributed by atoms with Crippen LogP contribution in [0.15, 0.2) is 5.38 Å². The quantitative estimate of drug-likeness (QED) is 0.726. The molecule has 1 aromatic rings. The first-order valence-corrected chi connectivity index (χ1v) is 5.55. The molecule has 1 atom stereocenters. The van der Waals surface area contributed by atoms with Gasteiger partial charge in [-0.2, -0.15) is 0 Å². The second-order valence-corrected chi connectivity index (χ2v) is 4.21. The van der Waals surface area contributed by atoms with E-state index in [1.54, 1.807) is 0 Å². The average molecular weight is 243 g/mol. The molecule has 0 bridgehead atoms. The molecule has 16 heavy (non-hydrogen) atoms. The number of amides is 2.